The van der Waals surface area contributed by atoms with Crippen LogP contribution < -0.4 is 5.73 Å². The van der Waals surface area contributed by atoms with Gasteiger partial charge in [0.1, 0.15) is 23.7 Å². The third-order valence-electron chi connectivity index (χ3n) is 4.84. The molecule has 3 rings (SSSR count). The van der Waals surface area contributed by atoms with Gasteiger partial charge in [-0.15, -0.1) is 0 Å². The van der Waals surface area contributed by atoms with Crippen LogP contribution in [0.25, 0.3) is 0 Å². The van der Waals surface area contributed by atoms with Crippen LogP contribution >= 0.6 is 0 Å². The minimum absolute atomic E-state index is 0.192. The van der Waals surface area contributed by atoms with E-state index in [0.717, 1.165) is 0 Å². The fourth-order valence-electron chi connectivity index (χ4n) is 3.29. The normalized spacial score (nSPS) is 38.1. The molecule has 2 aliphatic heterocycles. The summed E-state index contributed by atoms with van der Waals surface area (Å²) in [5.41, 5.74) is 4.07. The minimum atomic E-state index is -1.29. The molecular formula is C16H21N2O8+. The van der Waals surface area contributed by atoms with E-state index in [1.54, 1.807) is 12.3 Å². The first kappa shape index (κ1) is 18.5. The topological polar surface area (TPSA) is 159 Å². The summed E-state index contributed by atoms with van der Waals surface area (Å²) in [6.45, 7) is 0. The first-order valence-electron chi connectivity index (χ1n) is 8.28. The number of aliphatic hydroxyl groups excluding tert-OH is 2. The van der Waals surface area contributed by atoms with Crippen molar-refractivity contribution in [1.29, 1.82) is 0 Å². The fraction of sp³-hybridized carbons (Fsp3) is 0.625. The van der Waals surface area contributed by atoms with Gasteiger partial charge in [0, 0.05) is 6.42 Å². The van der Waals surface area contributed by atoms with Crippen LogP contribution in [0, 0.1) is 5.92 Å². The Labute approximate surface area is 148 Å². The highest BCUT2D eigenvalue weighted by Crippen LogP contribution is 2.52. The summed E-state index contributed by atoms with van der Waals surface area (Å²) >= 11 is 0. The van der Waals surface area contributed by atoms with E-state index in [-0.39, 0.29) is 19.3 Å². The van der Waals surface area contributed by atoms with Gasteiger partial charge in [0.15, 0.2) is 18.5 Å². The number of aliphatic hydroxyl groups is 2. The Kier molecular flexibility index (Phi) is 4.82. The quantitative estimate of drug-likeness (QED) is 0.312. The number of hydrogen-bond acceptors (Lipinski definition) is 7. The zero-order chi connectivity index (χ0) is 19.1. The van der Waals surface area contributed by atoms with Crippen molar-refractivity contribution in [2.75, 3.05) is 0 Å². The maximum absolute atomic E-state index is 11.7. The second-order valence-electron chi connectivity index (χ2n) is 6.70. The largest absolute Gasteiger partial charge is 0.481 e. The Morgan fingerprint density at radius 1 is 1.31 bits per heavy atom. The molecule has 1 spiro atoms. The van der Waals surface area contributed by atoms with Crippen LogP contribution in [0.5, 0.6) is 0 Å². The molecular weight excluding hydrogens is 348 g/mol. The molecule has 0 aromatic rings. The number of carboxylic acids is 1. The molecule has 1 saturated carbocycles. The Bertz CT molecular complexity index is 690. The molecule has 3 aliphatic rings. The van der Waals surface area contributed by atoms with Crippen molar-refractivity contribution in [3.8, 4) is 0 Å². The molecule has 2 heterocycles. The van der Waals surface area contributed by atoms with Crippen LogP contribution in [-0.4, -0.2) is 74.1 Å². The van der Waals surface area contributed by atoms with Gasteiger partial charge in [0.2, 0.25) is 5.91 Å². The standard InChI is InChI=1S/C16H20N2O8/c17-14(24)8-2-1-5-18(7-8)15-12(22)13(23)16(26-15)6-9(16)25-11(21)4-3-10(19)20/h1,5,7-9,12-13,15,22-23H,2-4,6H2,(H2-,17,19,20,24)/p+1/t8?,9-,12-,13+,15-,16?/m1/s1. The Hall–Kier alpha value is -2.30. The molecule has 0 radical (unpaired) electrons. The highest BCUT2D eigenvalue weighted by molar-refractivity contribution is 5.91. The summed E-state index contributed by atoms with van der Waals surface area (Å²) in [4.78, 5) is 33.5. The van der Waals surface area contributed by atoms with Crippen molar-refractivity contribution in [2.24, 2.45) is 11.7 Å². The van der Waals surface area contributed by atoms with Crippen molar-refractivity contribution >= 4 is 24.1 Å². The number of aliphatic carboxylic acids is 1. The van der Waals surface area contributed by atoms with E-state index in [1.165, 1.54) is 10.8 Å². The molecule has 0 bridgehead atoms. The van der Waals surface area contributed by atoms with Crippen LogP contribution in [0.3, 0.4) is 0 Å². The summed E-state index contributed by atoms with van der Waals surface area (Å²) in [7, 11) is 0. The van der Waals surface area contributed by atoms with Crippen molar-refractivity contribution in [3.05, 3.63) is 12.3 Å². The lowest BCUT2D eigenvalue weighted by atomic mass is 10.0. The molecule has 2 fully saturated rings. The summed E-state index contributed by atoms with van der Waals surface area (Å²) in [6.07, 6.45) is 0.550. The van der Waals surface area contributed by atoms with E-state index >= 15 is 0 Å². The highest BCUT2D eigenvalue weighted by Gasteiger charge is 2.73. The molecule has 2 unspecified atom stereocenters. The Morgan fingerprint density at radius 3 is 2.69 bits per heavy atom. The van der Waals surface area contributed by atoms with E-state index in [1.807, 2.05) is 0 Å². The molecule has 0 aromatic carbocycles. The van der Waals surface area contributed by atoms with Gasteiger partial charge in [-0.1, -0.05) is 0 Å². The summed E-state index contributed by atoms with van der Waals surface area (Å²) < 4.78 is 12.4. The zero-order valence-electron chi connectivity index (χ0n) is 13.9. The first-order chi connectivity index (χ1) is 12.2. The number of esters is 1. The monoisotopic (exact) mass is 369 g/mol. The number of carbonyl (C=O) groups is 3. The second-order valence-corrected chi connectivity index (χ2v) is 6.70. The molecule has 142 valence electrons. The van der Waals surface area contributed by atoms with Crippen LogP contribution in [0.4, 0.5) is 0 Å². The van der Waals surface area contributed by atoms with Gasteiger partial charge in [0.25, 0.3) is 6.23 Å². The molecule has 10 nitrogen and oxygen atoms in total. The number of nitrogens with two attached hydrogens (primary N) is 1. The number of carboxylic acid groups (broad SMARTS) is 1. The predicted molar refractivity (Wildman–Crippen MR) is 83.8 cm³/mol. The lowest BCUT2D eigenvalue weighted by Gasteiger charge is -2.15. The minimum Gasteiger partial charge on any atom is -0.481 e. The average molecular weight is 369 g/mol. The number of amides is 1. The molecule has 6 atom stereocenters. The Balaban J connectivity index is 1.66. The van der Waals surface area contributed by atoms with Crippen LogP contribution in [0.2, 0.25) is 0 Å². The van der Waals surface area contributed by atoms with Gasteiger partial charge in [-0.3, -0.25) is 14.4 Å². The van der Waals surface area contributed by atoms with Crippen molar-refractivity contribution in [3.63, 3.8) is 0 Å². The molecule has 0 aromatic heterocycles. The lowest BCUT2D eigenvalue weighted by Crippen LogP contribution is -2.40. The molecule has 1 aliphatic carbocycles. The van der Waals surface area contributed by atoms with Gasteiger partial charge in [-0.05, 0) is 12.5 Å². The lowest BCUT2D eigenvalue weighted by molar-refractivity contribution is -0.563. The number of carbonyl (C=O) groups excluding carboxylic acids is 2. The number of allylic oxidation sites excluding steroid dienone is 1. The van der Waals surface area contributed by atoms with Crippen molar-refractivity contribution in [1.82, 2.24) is 0 Å². The van der Waals surface area contributed by atoms with E-state index < -0.39 is 53.9 Å². The summed E-state index contributed by atoms with van der Waals surface area (Å²) in [5, 5.41) is 29.3. The van der Waals surface area contributed by atoms with Crippen molar-refractivity contribution in [2.45, 2.75) is 55.8 Å². The summed E-state index contributed by atoms with van der Waals surface area (Å²) in [5.74, 6) is -2.88. The molecule has 1 saturated heterocycles. The number of nitrogens with zero attached hydrogens (tertiary/aromatic N) is 1. The number of primary amides is 1. The SMILES string of the molecule is NC(=O)C1C=[N+]([C@@H]2OC3(C[C@H]3OC(=O)CCC(=O)O)[C@@H](O)[C@H]2O)C=CC1. The van der Waals surface area contributed by atoms with Gasteiger partial charge >= 0.3 is 11.9 Å². The smallest absolute Gasteiger partial charge is 0.306 e. The molecule has 5 N–H and O–H groups in total. The maximum atomic E-state index is 11.7. The van der Waals surface area contributed by atoms with Gasteiger partial charge < -0.3 is 30.5 Å². The zero-order valence-corrected chi connectivity index (χ0v) is 13.9. The third-order valence-corrected chi connectivity index (χ3v) is 4.84. The highest BCUT2D eigenvalue weighted by atomic mass is 16.6. The molecule has 10 heteroatoms. The van der Waals surface area contributed by atoms with E-state index in [9.17, 15) is 24.6 Å². The van der Waals surface area contributed by atoms with Crippen molar-refractivity contribution < 1.29 is 43.8 Å². The fourth-order valence-corrected chi connectivity index (χ4v) is 3.29. The molecule has 26 heavy (non-hydrogen) atoms. The van der Waals surface area contributed by atoms with Gasteiger partial charge in [0.05, 0.1) is 12.8 Å². The number of ether oxygens (including phenoxy) is 2. The average Bonchev–Trinajstić information content (AvgIpc) is 3.23. The maximum Gasteiger partial charge on any atom is 0.306 e. The Morgan fingerprint density at radius 2 is 2.04 bits per heavy atom. The van der Waals surface area contributed by atoms with E-state index in [2.05, 4.69) is 0 Å². The number of hydrogen-bond donors (Lipinski definition) is 4. The van der Waals surface area contributed by atoms with Gasteiger partial charge in [-0.2, -0.15) is 4.58 Å². The number of rotatable bonds is 6. The van der Waals surface area contributed by atoms with E-state index in [4.69, 9.17) is 20.3 Å². The summed E-state index contributed by atoms with van der Waals surface area (Å²) in [6, 6.07) is 0. The van der Waals surface area contributed by atoms with Gasteiger partial charge in [-0.25, -0.2) is 0 Å². The predicted octanol–water partition coefficient (Wildman–Crippen LogP) is -1.91. The second kappa shape index (κ2) is 6.78. The van der Waals surface area contributed by atoms with Crippen LogP contribution in [0.15, 0.2) is 12.3 Å². The van der Waals surface area contributed by atoms with Crippen LogP contribution in [0.1, 0.15) is 25.7 Å². The van der Waals surface area contributed by atoms with E-state index in [0.29, 0.717) is 6.42 Å². The first-order valence-corrected chi connectivity index (χ1v) is 8.28. The van der Waals surface area contributed by atoms with Crippen LogP contribution in [-0.2, 0) is 23.9 Å². The third kappa shape index (κ3) is 3.35. The molecule has 1 amide bonds.